The van der Waals surface area contributed by atoms with Gasteiger partial charge in [0, 0.05) is 5.56 Å². The van der Waals surface area contributed by atoms with E-state index >= 15 is 0 Å². The van der Waals surface area contributed by atoms with Gasteiger partial charge in [-0.3, -0.25) is 4.79 Å². The predicted molar refractivity (Wildman–Crippen MR) is 92.4 cm³/mol. The maximum absolute atomic E-state index is 12.5. The zero-order valence-corrected chi connectivity index (χ0v) is 13.8. The van der Waals surface area contributed by atoms with Crippen molar-refractivity contribution in [3.63, 3.8) is 0 Å². The van der Waals surface area contributed by atoms with Crippen LogP contribution in [0.25, 0.3) is 10.2 Å². The van der Waals surface area contributed by atoms with E-state index in [0.717, 1.165) is 10.2 Å². The normalized spacial score (nSPS) is 13.6. The number of hydrogen-bond acceptors (Lipinski definition) is 6. The molecule has 1 aromatic carbocycles. The minimum absolute atomic E-state index is 0.0746. The molecule has 0 fully saturated rings. The van der Waals surface area contributed by atoms with Gasteiger partial charge in [-0.15, -0.1) is 11.3 Å². The molecule has 0 saturated carbocycles. The number of carbonyl (C=O) groups is 1. The van der Waals surface area contributed by atoms with Crippen LogP contribution in [0, 0.1) is 0 Å². The van der Waals surface area contributed by atoms with Crippen molar-refractivity contribution in [3.05, 3.63) is 77.6 Å². The van der Waals surface area contributed by atoms with Gasteiger partial charge in [-0.1, -0.05) is 12.1 Å². The van der Waals surface area contributed by atoms with E-state index in [1.807, 2.05) is 24.3 Å². The molecule has 7 heteroatoms. The largest absolute Gasteiger partial charge is 0.472 e. The van der Waals surface area contributed by atoms with Crippen molar-refractivity contribution in [1.29, 1.82) is 0 Å². The number of aromatic nitrogens is 1. The SMILES string of the molecule is O=C(NC[C@](O)(c1ccoc1)c1ccco1)c1nc2ccccc2s1. The lowest BCUT2D eigenvalue weighted by Gasteiger charge is -2.24. The summed E-state index contributed by atoms with van der Waals surface area (Å²) in [6.45, 7) is -0.0746. The van der Waals surface area contributed by atoms with Gasteiger partial charge in [0.05, 0.1) is 35.6 Å². The Morgan fingerprint density at radius 1 is 1.20 bits per heavy atom. The molecule has 0 aliphatic heterocycles. The van der Waals surface area contributed by atoms with Crippen molar-refractivity contribution in [2.24, 2.45) is 0 Å². The van der Waals surface area contributed by atoms with Gasteiger partial charge in [0.2, 0.25) is 0 Å². The highest BCUT2D eigenvalue weighted by atomic mass is 32.1. The first-order valence-electron chi connectivity index (χ1n) is 7.59. The van der Waals surface area contributed by atoms with Gasteiger partial charge in [-0.2, -0.15) is 0 Å². The van der Waals surface area contributed by atoms with Crippen LogP contribution in [0.2, 0.25) is 0 Å². The Morgan fingerprint density at radius 3 is 2.80 bits per heavy atom. The van der Waals surface area contributed by atoms with E-state index in [-0.39, 0.29) is 12.5 Å². The molecule has 0 radical (unpaired) electrons. The van der Waals surface area contributed by atoms with Crippen LogP contribution in [0.5, 0.6) is 0 Å². The van der Waals surface area contributed by atoms with Crippen LogP contribution in [-0.2, 0) is 5.60 Å². The Balaban J connectivity index is 1.58. The lowest BCUT2D eigenvalue weighted by atomic mass is 9.93. The average molecular weight is 354 g/mol. The van der Waals surface area contributed by atoms with Crippen LogP contribution < -0.4 is 5.32 Å². The van der Waals surface area contributed by atoms with Crippen LogP contribution in [0.3, 0.4) is 0 Å². The standard InChI is InChI=1S/C18H14N2O4S/c21-16(17-20-13-4-1-2-5-14(13)25-17)19-11-18(22,12-7-9-23-10-12)15-6-3-8-24-15/h1-10,22H,11H2,(H,19,21)/t18-/m0/s1. The van der Waals surface area contributed by atoms with E-state index in [1.54, 1.807) is 18.2 Å². The number of amides is 1. The van der Waals surface area contributed by atoms with E-state index in [0.29, 0.717) is 16.3 Å². The number of hydrogen-bond donors (Lipinski definition) is 2. The third kappa shape index (κ3) is 2.84. The highest BCUT2D eigenvalue weighted by Gasteiger charge is 2.36. The lowest BCUT2D eigenvalue weighted by Crippen LogP contribution is -2.41. The van der Waals surface area contributed by atoms with Crippen LogP contribution in [0.15, 0.2) is 70.1 Å². The predicted octanol–water partition coefficient (Wildman–Crippen LogP) is 3.15. The molecule has 3 aromatic heterocycles. The van der Waals surface area contributed by atoms with Gasteiger partial charge in [0.1, 0.15) is 5.76 Å². The number of nitrogens with one attached hydrogen (secondary N) is 1. The summed E-state index contributed by atoms with van der Waals surface area (Å²) >= 11 is 1.30. The highest BCUT2D eigenvalue weighted by molar-refractivity contribution is 7.20. The van der Waals surface area contributed by atoms with Crippen molar-refractivity contribution >= 4 is 27.5 Å². The summed E-state index contributed by atoms with van der Waals surface area (Å²) in [7, 11) is 0. The summed E-state index contributed by atoms with van der Waals surface area (Å²) in [5, 5.41) is 14.2. The monoisotopic (exact) mass is 354 g/mol. The Kier molecular flexibility index (Phi) is 3.87. The molecule has 0 bridgehead atoms. The van der Waals surface area contributed by atoms with Crippen molar-refractivity contribution in [2.45, 2.75) is 5.60 Å². The van der Waals surface area contributed by atoms with Crippen LogP contribution in [0.1, 0.15) is 21.1 Å². The second-order valence-electron chi connectivity index (χ2n) is 5.52. The molecule has 3 heterocycles. The molecule has 25 heavy (non-hydrogen) atoms. The van der Waals surface area contributed by atoms with Gasteiger partial charge >= 0.3 is 0 Å². The van der Waals surface area contributed by atoms with Crippen molar-refractivity contribution in [1.82, 2.24) is 10.3 Å². The fourth-order valence-corrected chi connectivity index (χ4v) is 3.48. The fraction of sp³-hybridized carbons (Fsp3) is 0.111. The zero-order chi connectivity index (χ0) is 17.3. The molecule has 4 rings (SSSR count). The molecule has 126 valence electrons. The third-order valence-corrected chi connectivity index (χ3v) is 4.96. The second kappa shape index (κ2) is 6.19. The summed E-state index contributed by atoms with van der Waals surface area (Å²) in [6, 6.07) is 12.5. The van der Waals surface area contributed by atoms with Crippen LogP contribution in [0.4, 0.5) is 0 Å². The number of thiazole rings is 1. The van der Waals surface area contributed by atoms with E-state index in [1.165, 1.54) is 30.1 Å². The average Bonchev–Trinajstić information content (AvgIpc) is 3.40. The van der Waals surface area contributed by atoms with Gasteiger partial charge in [-0.05, 0) is 30.3 Å². The van der Waals surface area contributed by atoms with E-state index in [4.69, 9.17) is 8.83 Å². The molecule has 0 saturated heterocycles. The van der Waals surface area contributed by atoms with Gasteiger partial charge < -0.3 is 19.3 Å². The van der Waals surface area contributed by atoms with Crippen molar-refractivity contribution in [2.75, 3.05) is 6.54 Å². The number of carbonyl (C=O) groups excluding carboxylic acids is 1. The van der Waals surface area contributed by atoms with E-state index in [9.17, 15) is 9.90 Å². The highest BCUT2D eigenvalue weighted by Crippen LogP contribution is 2.30. The number of aliphatic hydroxyl groups is 1. The number of nitrogens with zero attached hydrogens (tertiary/aromatic N) is 1. The molecule has 0 aliphatic carbocycles. The molecule has 6 nitrogen and oxygen atoms in total. The Bertz CT molecular complexity index is 922. The van der Waals surface area contributed by atoms with Crippen LogP contribution >= 0.6 is 11.3 Å². The summed E-state index contributed by atoms with van der Waals surface area (Å²) in [5.41, 5.74) is -0.260. The summed E-state index contributed by atoms with van der Waals surface area (Å²) < 4.78 is 11.4. The maximum Gasteiger partial charge on any atom is 0.280 e. The molecule has 0 spiro atoms. The first kappa shape index (κ1) is 15.6. The quantitative estimate of drug-likeness (QED) is 0.575. The summed E-state index contributed by atoms with van der Waals surface area (Å²) in [6.07, 6.45) is 4.35. The summed E-state index contributed by atoms with van der Waals surface area (Å²) in [4.78, 5) is 16.8. The molecular formula is C18H14N2O4S. The number of furan rings is 2. The number of benzene rings is 1. The van der Waals surface area contributed by atoms with Crippen molar-refractivity contribution < 1.29 is 18.7 Å². The topological polar surface area (TPSA) is 88.5 Å². The molecular weight excluding hydrogens is 340 g/mol. The number of fused-ring (bicyclic) bond motifs is 1. The Morgan fingerprint density at radius 2 is 2.08 bits per heavy atom. The minimum Gasteiger partial charge on any atom is -0.472 e. The molecule has 2 N–H and O–H groups in total. The second-order valence-corrected chi connectivity index (χ2v) is 6.55. The fourth-order valence-electron chi connectivity index (χ4n) is 2.60. The first-order valence-corrected chi connectivity index (χ1v) is 8.41. The molecule has 1 amide bonds. The molecule has 0 aliphatic rings. The van der Waals surface area contributed by atoms with Gasteiger partial charge in [0.25, 0.3) is 5.91 Å². The van der Waals surface area contributed by atoms with E-state index in [2.05, 4.69) is 10.3 Å². The molecule has 1 atom stereocenters. The smallest absolute Gasteiger partial charge is 0.280 e. The number of para-hydroxylation sites is 1. The van der Waals surface area contributed by atoms with Crippen LogP contribution in [-0.4, -0.2) is 22.5 Å². The van der Waals surface area contributed by atoms with Crippen molar-refractivity contribution in [3.8, 4) is 0 Å². The molecule has 0 unspecified atom stereocenters. The Hall–Kier alpha value is -2.90. The zero-order valence-electron chi connectivity index (χ0n) is 13.0. The minimum atomic E-state index is -1.52. The number of rotatable bonds is 5. The van der Waals surface area contributed by atoms with Gasteiger partial charge in [-0.25, -0.2) is 4.98 Å². The third-order valence-electron chi connectivity index (χ3n) is 3.92. The maximum atomic E-state index is 12.5. The first-order chi connectivity index (χ1) is 12.2. The Labute approximate surface area is 146 Å². The lowest BCUT2D eigenvalue weighted by molar-refractivity contribution is 0.0520. The molecule has 4 aromatic rings. The van der Waals surface area contributed by atoms with Gasteiger partial charge in [0.15, 0.2) is 10.6 Å². The van der Waals surface area contributed by atoms with E-state index < -0.39 is 5.60 Å². The summed E-state index contributed by atoms with van der Waals surface area (Å²) in [5.74, 6) is -0.0341.